The molecule has 3 nitrogen and oxygen atoms in total. The van der Waals surface area contributed by atoms with Crippen molar-refractivity contribution in [1.29, 1.82) is 0 Å². The molecule has 0 fully saturated rings. The highest BCUT2D eigenvalue weighted by Crippen LogP contribution is 2.29. The Balaban J connectivity index is 2.11. The van der Waals surface area contributed by atoms with Gasteiger partial charge in [-0.05, 0) is 13.0 Å². The highest BCUT2D eigenvalue weighted by Gasteiger charge is 2.24. The van der Waals surface area contributed by atoms with Crippen molar-refractivity contribution < 1.29 is 14.6 Å². The average molecular weight is 182 g/mol. The predicted octanol–water partition coefficient (Wildman–Crippen LogP) is 1.20. The molecule has 1 N–H and O–H groups in total. The van der Waals surface area contributed by atoms with Crippen molar-refractivity contribution in [2.75, 3.05) is 13.2 Å². The van der Waals surface area contributed by atoms with Gasteiger partial charge in [-0.2, -0.15) is 0 Å². The Kier molecular flexibility index (Phi) is 2.27. The van der Waals surface area contributed by atoms with Crippen molar-refractivity contribution in [2.45, 2.75) is 19.4 Å². The third kappa shape index (κ3) is 1.70. The topological polar surface area (TPSA) is 38.7 Å². The van der Waals surface area contributed by atoms with E-state index in [1.165, 1.54) is 0 Å². The smallest absolute Gasteiger partial charge is 0.157 e. The molecule has 0 spiro atoms. The number of hydrogen-bond donors (Lipinski definition) is 1. The quantitative estimate of drug-likeness (QED) is 0.662. The lowest BCUT2D eigenvalue weighted by Crippen LogP contribution is -2.25. The van der Waals surface area contributed by atoms with Gasteiger partial charge in [-0.25, -0.2) is 0 Å². The van der Waals surface area contributed by atoms with Gasteiger partial charge in [0.1, 0.15) is 18.5 Å². The minimum atomic E-state index is 0.133. The average Bonchev–Trinajstić information content (AvgIpc) is 2.17. The molecular weight excluding hydrogens is 168 g/mol. The zero-order valence-electron chi connectivity index (χ0n) is 7.69. The molecule has 72 valence electrons. The van der Waals surface area contributed by atoms with E-state index in [1.807, 2.05) is 19.1 Å². The third-order valence-corrected chi connectivity index (χ3v) is 2.30. The lowest BCUT2D eigenvalue weighted by molar-refractivity contribution is 0.00425. The second-order valence-corrected chi connectivity index (χ2v) is 3.53. The summed E-state index contributed by atoms with van der Waals surface area (Å²) in [5.74, 6) is 1.92. The summed E-state index contributed by atoms with van der Waals surface area (Å²) >= 11 is 0. The molecule has 0 amide bonds. The molecule has 0 bridgehead atoms. The molecule has 2 aliphatic rings. The van der Waals surface area contributed by atoms with Crippen molar-refractivity contribution in [3.05, 3.63) is 23.7 Å². The molecule has 13 heavy (non-hydrogen) atoms. The summed E-state index contributed by atoms with van der Waals surface area (Å²) in [6.07, 6.45) is 4.76. The van der Waals surface area contributed by atoms with Crippen molar-refractivity contribution in [1.82, 2.24) is 0 Å². The maximum atomic E-state index is 8.96. The van der Waals surface area contributed by atoms with Crippen molar-refractivity contribution in [3.8, 4) is 0 Å². The van der Waals surface area contributed by atoms with Gasteiger partial charge in [0.2, 0.25) is 0 Å². The molecule has 0 aromatic rings. The van der Waals surface area contributed by atoms with Crippen LogP contribution in [0.5, 0.6) is 0 Å². The van der Waals surface area contributed by atoms with Crippen LogP contribution in [0.3, 0.4) is 0 Å². The monoisotopic (exact) mass is 182 g/mol. The zero-order valence-corrected chi connectivity index (χ0v) is 7.69. The molecule has 0 saturated heterocycles. The van der Waals surface area contributed by atoms with Gasteiger partial charge in [-0.15, -0.1) is 0 Å². The summed E-state index contributed by atoms with van der Waals surface area (Å²) in [5, 5.41) is 8.96. The molecule has 1 heterocycles. The Hall–Kier alpha value is -0.960. The van der Waals surface area contributed by atoms with Crippen LogP contribution in [0.25, 0.3) is 0 Å². The third-order valence-electron chi connectivity index (χ3n) is 2.30. The van der Waals surface area contributed by atoms with Gasteiger partial charge in [0, 0.05) is 18.9 Å². The second-order valence-electron chi connectivity index (χ2n) is 3.53. The normalized spacial score (nSPS) is 32.2. The van der Waals surface area contributed by atoms with Gasteiger partial charge < -0.3 is 14.6 Å². The van der Waals surface area contributed by atoms with Crippen LogP contribution in [-0.2, 0) is 9.47 Å². The summed E-state index contributed by atoms with van der Waals surface area (Å²) in [6.45, 7) is 2.77. The van der Waals surface area contributed by atoms with E-state index in [1.54, 1.807) is 0 Å². The van der Waals surface area contributed by atoms with Gasteiger partial charge in [0.25, 0.3) is 0 Å². The lowest BCUT2D eigenvalue weighted by Gasteiger charge is -2.29. The van der Waals surface area contributed by atoms with Crippen molar-refractivity contribution >= 4 is 0 Å². The van der Waals surface area contributed by atoms with Crippen LogP contribution in [0, 0.1) is 5.92 Å². The molecular formula is C10H14O3. The van der Waals surface area contributed by atoms with E-state index in [-0.39, 0.29) is 18.6 Å². The lowest BCUT2D eigenvalue weighted by atomic mass is 9.99. The van der Waals surface area contributed by atoms with E-state index in [9.17, 15) is 0 Å². The number of rotatable bonds is 1. The second kappa shape index (κ2) is 3.42. The van der Waals surface area contributed by atoms with E-state index in [2.05, 4.69) is 0 Å². The zero-order chi connectivity index (χ0) is 9.26. The molecule has 2 unspecified atom stereocenters. The summed E-state index contributed by atoms with van der Waals surface area (Å²) in [6, 6.07) is 0. The number of hydrogen-bond acceptors (Lipinski definition) is 3. The van der Waals surface area contributed by atoms with Crippen LogP contribution in [0.2, 0.25) is 0 Å². The molecule has 0 aromatic heterocycles. The highest BCUT2D eigenvalue weighted by atomic mass is 16.6. The predicted molar refractivity (Wildman–Crippen MR) is 47.9 cm³/mol. The number of aliphatic hydroxyl groups excluding tert-OH is 1. The van der Waals surface area contributed by atoms with Crippen molar-refractivity contribution in [3.63, 3.8) is 0 Å². The van der Waals surface area contributed by atoms with E-state index < -0.39 is 0 Å². The number of aliphatic hydroxyl groups is 1. The number of ether oxygens (including phenoxy) is 2. The van der Waals surface area contributed by atoms with Crippen LogP contribution in [0.1, 0.15) is 13.3 Å². The fraction of sp³-hybridized carbons (Fsp3) is 0.600. The molecule has 1 aliphatic heterocycles. The summed E-state index contributed by atoms with van der Waals surface area (Å²) < 4.78 is 11.1. The standard InChI is InChI=1S/C10H14O3/c1-7-6-12-10-4-8(5-11)2-3-9(10)13-7/h2-3,7-8,11H,4-6H2,1H3. The molecule has 1 aliphatic carbocycles. The van der Waals surface area contributed by atoms with Gasteiger partial charge in [-0.3, -0.25) is 0 Å². The molecule has 2 atom stereocenters. The van der Waals surface area contributed by atoms with Crippen LogP contribution in [0.4, 0.5) is 0 Å². The Morgan fingerprint density at radius 2 is 2.46 bits per heavy atom. The maximum Gasteiger partial charge on any atom is 0.157 e. The molecule has 0 radical (unpaired) electrons. The largest absolute Gasteiger partial charge is 0.490 e. The summed E-state index contributed by atoms with van der Waals surface area (Å²) in [7, 11) is 0. The van der Waals surface area contributed by atoms with E-state index >= 15 is 0 Å². The van der Waals surface area contributed by atoms with Gasteiger partial charge in [-0.1, -0.05) is 6.08 Å². The fourth-order valence-corrected chi connectivity index (χ4v) is 1.55. The van der Waals surface area contributed by atoms with Crippen LogP contribution < -0.4 is 0 Å². The fourth-order valence-electron chi connectivity index (χ4n) is 1.55. The first-order valence-electron chi connectivity index (χ1n) is 4.61. The molecule has 2 rings (SSSR count). The van der Waals surface area contributed by atoms with E-state index in [0.29, 0.717) is 6.61 Å². The molecule has 0 saturated carbocycles. The van der Waals surface area contributed by atoms with E-state index in [0.717, 1.165) is 17.9 Å². The first-order valence-corrected chi connectivity index (χ1v) is 4.61. The van der Waals surface area contributed by atoms with Gasteiger partial charge in [0.15, 0.2) is 5.76 Å². The Morgan fingerprint density at radius 3 is 3.23 bits per heavy atom. The van der Waals surface area contributed by atoms with Crippen LogP contribution in [-0.4, -0.2) is 24.4 Å². The Labute approximate surface area is 77.7 Å². The van der Waals surface area contributed by atoms with Gasteiger partial charge >= 0.3 is 0 Å². The summed E-state index contributed by atoms with van der Waals surface area (Å²) in [5.41, 5.74) is 0. The van der Waals surface area contributed by atoms with Crippen LogP contribution in [0.15, 0.2) is 23.7 Å². The SMILES string of the molecule is CC1COC2=C(C=CC(CO)C2)O1. The minimum absolute atomic E-state index is 0.133. The summed E-state index contributed by atoms with van der Waals surface area (Å²) in [4.78, 5) is 0. The first-order chi connectivity index (χ1) is 6.29. The number of allylic oxidation sites excluding steroid dienone is 2. The molecule has 0 aromatic carbocycles. The Morgan fingerprint density at radius 1 is 1.62 bits per heavy atom. The van der Waals surface area contributed by atoms with E-state index in [4.69, 9.17) is 14.6 Å². The first kappa shape index (κ1) is 8.63. The minimum Gasteiger partial charge on any atom is -0.490 e. The maximum absolute atomic E-state index is 8.96. The Bertz CT molecular complexity index is 255. The van der Waals surface area contributed by atoms with Crippen molar-refractivity contribution in [2.24, 2.45) is 5.92 Å². The van der Waals surface area contributed by atoms with Gasteiger partial charge in [0.05, 0.1) is 0 Å². The van der Waals surface area contributed by atoms with Crippen LogP contribution >= 0.6 is 0 Å². The molecule has 3 heteroatoms. The highest BCUT2D eigenvalue weighted by molar-refractivity contribution is 5.24.